The second-order valence-corrected chi connectivity index (χ2v) is 5.66. The van der Waals surface area contributed by atoms with E-state index in [0.29, 0.717) is 50.4 Å². The monoisotopic (exact) mass is 304 g/mol. The molecule has 6 nitrogen and oxygen atoms in total. The van der Waals surface area contributed by atoms with Crippen molar-refractivity contribution in [1.29, 1.82) is 0 Å². The second-order valence-electron chi connectivity index (χ2n) is 5.66. The maximum absolute atomic E-state index is 12.6. The van der Waals surface area contributed by atoms with Gasteiger partial charge in [0.15, 0.2) is 5.79 Å². The summed E-state index contributed by atoms with van der Waals surface area (Å²) in [5.74, 6) is -0.658. The van der Waals surface area contributed by atoms with Gasteiger partial charge < -0.3 is 19.7 Å². The van der Waals surface area contributed by atoms with Crippen molar-refractivity contribution in [2.75, 3.05) is 31.6 Å². The number of likely N-dealkylation sites (tertiary alicyclic amines) is 1. The van der Waals surface area contributed by atoms with E-state index < -0.39 is 5.79 Å². The Hall–Kier alpha value is -1.92. The topological polar surface area (TPSA) is 67.9 Å². The average Bonchev–Trinajstić information content (AvgIpc) is 2.95. The molecule has 0 radical (unpaired) electrons. The zero-order valence-corrected chi connectivity index (χ0v) is 12.6. The molecule has 2 saturated heterocycles. The van der Waals surface area contributed by atoms with Crippen molar-refractivity contribution in [3.05, 3.63) is 29.8 Å². The summed E-state index contributed by atoms with van der Waals surface area (Å²) in [6.45, 7) is 3.94. The van der Waals surface area contributed by atoms with E-state index in [2.05, 4.69) is 5.32 Å². The first-order valence-corrected chi connectivity index (χ1v) is 7.53. The number of ether oxygens (including phenoxy) is 2. The van der Waals surface area contributed by atoms with Crippen LogP contribution in [-0.4, -0.2) is 48.8 Å². The van der Waals surface area contributed by atoms with Crippen molar-refractivity contribution >= 4 is 17.5 Å². The lowest BCUT2D eigenvalue weighted by Crippen LogP contribution is -2.47. The molecular weight excluding hydrogens is 284 g/mol. The molecule has 0 saturated carbocycles. The standard InChI is InChI=1S/C16H20N2O4/c1-12(19)17-14-4-2-3-13(11-14)15(20)18-7-5-16(6-8-18)21-9-10-22-16/h2-4,11H,5-10H2,1H3,(H,17,19). The lowest BCUT2D eigenvalue weighted by atomic mass is 10.0. The fourth-order valence-corrected chi connectivity index (χ4v) is 2.95. The molecule has 3 rings (SSSR count). The number of rotatable bonds is 2. The van der Waals surface area contributed by atoms with Gasteiger partial charge in [0, 0.05) is 44.1 Å². The van der Waals surface area contributed by atoms with Crippen LogP contribution in [0.25, 0.3) is 0 Å². The van der Waals surface area contributed by atoms with Gasteiger partial charge in [-0.3, -0.25) is 9.59 Å². The van der Waals surface area contributed by atoms with Crippen molar-refractivity contribution in [3.8, 4) is 0 Å². The fraction of sp³-hybridized carbons (Fsp3) is 0.500. The maximum atomic E-state index is 12.6. The number of carbonyl (C=O) groups excluding carboxylic acids is 2. The van der Waals surface area contributed by atoms with E-state index in [-0.39, 0.29) is 11.8 Å². The molecule has 22 heavy (non-hydrogen) atoms. The summed E-state index contributed by atoms with van der Waals surface area (Å²) in [6, 6.07) is 7.01. The number of anilines is 1. The van der Waals surface area contributed by atoms with E-state index in [1.807, 2.05) is 4.90 Å². The Morgan fingerprint density at radius 3 is 2.50 bits per heavy atom. The zero-order valence-electron chi connectivity index (χ0n) is 12.6. The molecule has 0 aromatic heterocycles. The summed E-state index contributed by atoms with van der Waals surface area (Å²) < 4.78 is 11.3. The normalized spacial score (nSPS) is 20.1. The number of hydrogen-bond donors (Lipinski definition) is 1. The number of nitrogens with zero attached hydrogens (tertiary/aromatic N) is 1. The molecule has 2 amide bonds. The lowest BCUT2D eigenvalue weighted by Gasteiger charge is -2.37. The number of carbonyl (C=O) groups is 2. The molecule has 2 aliphatic heterocycles. The molecule has 1 aromatic carbocycles. The van der Waals surface area contributed by atoms with Crippen LogP contribution in [0.3, 0.4) is 0 Å². The van der Waals surface area contributed by atoms with Crippen LogP contribution in [0.1, 0.15) is 30.1 Å². The van der Waals surface area contributed by atoms with E-state index in [1.54, 1.807) is 24.3 Å². The predicted molar refractivity (Wildman–Crippen MR) is 80.5 cm³/mol. The van der Waals surface area contributed by atoms with Crippen LogP contribution in [0, 0.1) is 0 Å². The molecule has 2 heterocycles. The predicted octanol–water partition coefficient (Wildman–Crippen LogP) is 1.62. The average molecular weight is 304 g/mol. The van der Waals surface area contributed by atoms with Crippen LogP contribution >= 0.6 is 0 Å². The minimum atomic E-state index is -0.477. The number of hydrogen-bond acceptors (Lipinski definition) is 4. The van der Waals surface area contributed by atoms with E-state index >= 15 is 0 Å². The van der Waals surface area contributed by atoms with Crippen molar-refractivity contribution in [1.82, 2.24) is 4.90 Å². The van der Waals surface area contributed by atoms with Gasteiger partial charge in [0.25, 0.3) is 5.91 Å². The van der Waals surface area contributed by atoms with Crippen LogP contribution in [0.5, 0.6) is 0 Å². The van der Waals surface area contributed by atoms with E-state index in [4.69, 9.17) is 9.47 Å². The third-order valence-electron chi connectivity index (χ3n) is 4.06. The van der Waals surface area contributed by atoms with Gasteiger partial charge in [-0.05, 0) is 18.2 Å². The number of benzene rings is 1. The first kappa shape index (κ1) is 15.0. The molecule has 0 unspecified atom stereocenters. The molecule has 1 aromatic rings. The smallest absolute Gasteiger partial charge is 0.253 e. The fourth-order valence-electron chi connectivity index (χ4n) is 2.95. The molecule has 1 spiro atoms. The van der Waals surface area contributed by atoms with Crippen molar-refractivity contribution in [2.45, 2.75) is 25.6 Å². The maximum Gasteiger partial charge on any atom is 0.253 e. The van der Waals surface area contributed by atoms with Crippen LogP contribution < -0.4 is 5.32 Å². The van der Waals surface area contributed by atoms with Gasteiger partial charge in [0.1, 0.15) is 0 Å². The minimum Gasteiger partial charge on any atom is -0.347 e. The number of amides is 2. The third kappa shape index (κ3) is 3.13. The SMILES string of the molecule is CC(=O)Nc1cccc(C(=O)N2CCC3(CC2)OCCO3)c1. The molecular formula is C16H20N2O4. The van der Waals surface area contributed by atoms with Crippen molar-refractivity contribution in [3.63, 3.8) is 0 Å². The van der Waals surface area contributed by atoms with Crippen molar-refractivity contribution in [2.24, 2.45) is 0 Å². The number of piperidine rings is 1. The van der Waals surface area contributed by atoms with Gasteiger partial charge in [-0.25, -0.2) is 0 Å². The molecule has 0 bridgehead atoms. The van der Waals surface area contributed by atoms with Crippen LogP contribution in [0.4, 0.5) is 5.69 Å². The first-order chi connectivity index (χ1) is 10.6. The van der Waals surface area contributed by atoms with Gasteiger partial charge in [-0.2, -0.15) is 0 Å². The Bertz CT molecular complexity index is 571. The number of nitrogens with one attached hydrogen (secondary N) is 1. The van der Waals surface area contributed by atoms with Crippen LogP contribution in [0.2, 0.25) is 0 Å². The van der Waals surface area contributed by atoms with Gasteiger partial charge >= 0.3 is 0 Å². The second kappa shape index (κ2) is 6.06. The summed E-state index contributed by atoms with van der Waals surface area (Å²) in [5.41, 5.74) is 1.21. The molecule has 1 N–H and O–H groups in total. The summed E-state index contributed by atoms with van der Waals surface area (Å²) in [6.07, 6.45) is 1.40. The van der Waals surface area contributed by atoms with Gasteiger partial charge in [0.2, 0.25) is 5.91 Å². The summed E-state index contributed by atoms with van der Waals surface area (Å²) in [4.78, 5) is 25.5. The molecule has 0 atom stereocenters. The van der Waals surface area contributed by atoms with Crippen LogP contribution in [0.15, 0.2) is 24.3 Å². The minimum absolute atomic E-state index is 0.0277. The molecule has 0 aliphatic carbocycles. The Morgan fingerprint density at radius 2 is 1.86 bits per heavy atom. The van der Waals surface area contributed by atoms with Crippen molar-refractivity contribution < 1.29 is 19.1 Å². The highest BCUT2D eigenvalue weighted by Crippen LogP contribution is 2.31. The highest BCUT2D eigenvalue weighted by Gasteiger charge is 2.40. The van der Waals surface area contributed by atoms with Gasteiger partial charge in [-0.15, -0.1) is 0 Å². The Morgan fingerprint density at radius 1 is 1.18 bits per heavy atom. The van der Waals surface area contributed by atoms with E-state index in [9.17, 15) is 9.59 Å². The van der Waals surface area contributed by atoms with Gasteiger partial charge in [0.05, 0.1) is 13.2 Å². The first-order valence-electron chi connectivity index (χ1n) is 7.53. The molecule has 2 aliphatic rings. The van der Waals surface area contributed by atoms with Gasteiger partial charge in [-0.1, -0.05) is 6.07 Å². The quantitative estimate of drug-likeness (QED) is 0.901. The molecule has 2 fully saturated rings. The lowest BCUT2D eigenvalue weighted by molar-refractivity contribution is -0.181. The highest BCUT2D eigenvalue weighted by atomic mass is 16.7. The van der Waals surface area contributed by atoms with E-state index in [0.717, 1.165) is 0 Å². The summed E-state index contributed by atoms with van der Waals surface area (Å²) >= 11 is 0. The zero-order chi connectivity index (χ0) is 15.6. The highest BCUT2D eigenvalue weighted by molar-refractivity contribution is 5.96. The summed E-state index contributed by atoms with van der Waals surface area (Å²) in [5, 5.41) is 2.69. The molecule has 6 heteroatoms. The van der Waals surface area contributed by atoms with E-state index in [1.165, 1.54) is 6.92 Å². The third-order valence-corrected chi connectivity index (χ3v) is 4.06. The Labute approximate surface area is 129 Å². The van der Waals surface area contributed by atoms with Crippen LogP contribution in [-0.2, 0) is 14.3 Å². The Kier molecular flexibility index (Phi) is 4.13. The molecule has 118 valence electrons. The largest absolute Gasteiger partial charge is 0.347 e. The summed E-state index contributed by atoms with van der Waals surface area (Å²) in [7, 11) is 0. The Balaban J connectivity index is 1.65.